The van der Waals surface area contributed by atoms with Crippen molar-refractivity contribution in [1.82, 2.24) is 6.15 Å². The molecule has 1 rings (SSSR count). The van der Waals surface area contributed by atoms with Crippen LogP contribution in [0.4, 0.5) is 0 Å². The lowest BCUT2D eigenvalue weighted by molar-refractivity contribution is 0.480. The van der Waals surface area contributed by atoms with Crippen molar-refractivity contribution in [3.63, 3.8) is 0 Å². The predicted molar refractivity (Wildman–Crippen MR) is 116 cm³/mol. The molecule has 0 aliphatic rings. The Balaban J connectivity index is 0.00000676. The Morgan fingerprint density at radius 2 is 1.07 bits per heavy atom. The van der Waals surface area contributed by atoms with Crippen LogP contribution in [0.1, 0.15) is 98.9 Å². The van der Waals surface area contributed by atoms with Gasteiger partial charge in [-0.3, -0.25) is 4.55 Å². The molecule has 0 radical (unpaired) electrons. The third-order valence-corrected chi connectivity index (χ3v) is 6.86. The lowest BCUT2D eigenvalue weighted by Crippen LogP contribution is -2.11. The van der Waals surface area contributed by atoms with Gasteiger partial charge < -0.3 is 6.15 Å². The van der Waals surface area contributed by atoms with Crippen LogP contribution in [0, 0.1) is 27.7 Å². The van der Waals surface area contributed by atoms with E-state index in [1.54, 1.807) is 6.92 Å². The zero-order valence-electron chi connectivity index (χ0n) is 18.2. The minimum Gasteiger partial charge on any atom is -0.344 e. The number of benzene rings is 1. The molecule has 0 amide bonds. The Hall–Kier alpha value is -0.910. The van der Waals surface area contributed by atoms with E-state index in [0.29, 0.717) is 5.56 Å². The Morgan fingerprint density at radius 3 is 1.52 bits per heavy atom. The number of hydrogen-bond donors (Lipinski definition) is 2. The largest absolute Gasteiger partial charge is 0.344 e. The fraction of sp³-hybridized carbons (Fsp3) is 0.727. The van der Waals surface area contributed by atoms with Crippen molar-refractivity contribution >= 4 is 10.1 Å². The number of unbranched alkanes of at least 4 members (excludes halogenated alkanes) is 9. The van der Waals surface area contributed by atoms with Gasteiger partial charge in [-0.2, -0.15) is 8.42 Å². The highest BCUT2D eigenvalue weighted by molar-refractivity contribution is 7.86. The van der Waals surface area contributed by atoms with Gasteiger partial charge in [0.15, 0.2) is 0 Å². The highest BCUT2D eigenvalue weighted by Gasteiger charge is 2.23. The van der Waals surface area contributed by atoms with Gasteiger partial charge in [-0.1, -0.05) is 64.7 Å². The molecule has 0 saturated heterocycles. The summed E-state index contributed by atoms with van der Waals surface area (Å²) in [7, 11) is -4.19. The quantitative estimate of drug-likeness (QED) is 0.299. The summed E-state index contributed by atoms with van der Waals surface area (Å²) in [5.41, 5.74) is 4.61. The summed E-state index contributed by atoms with van der Waals surface area (Å²) < 4.78 is 33.6. The number of hydrogen-bond acceptors (Lipinski definition) is 3. The molecule has 5 heteroatoms. The third-order valence-electron chi connectivity index (χ3n) is 5.79. The lowest BCUT2D eigenvalue weighted by Gasteiger charge is -2.19. The van der Waals surface area contributed by atoms with E-state index < -0.39 is 10.1 Å². The molecule has 0 aliphatic carbocycles. The van der Waals surface area contributed by atoms with Crippen molar-refractivity contribution in [2.45, 2.75) is 110 Å². The molecule has 0 fully saturated rings. The maximum atomic E-state index is 11.9. The summed E-state index contributed by atoms with van der Waals surface area (Å²) in [5, 5.41) is 0. The van der Waals surface area contributed by atoms with Gasteiger partial charge in [0, 0.05) is 0 Å². The molecule has 0 unspecified atom stereocenters. The van der Waals surface area contributed by atoms with Gasteiger partial charge in [0.25, 0.3) is 10.1 Å². The van der Waals surface area contributed by atoms with Crippen molar-refractivity contribution in [2.24, 2.45) is 0 Å². The maximum absolute atomic E-state index is 11.9. The second-order valence-corrected chi connectivity index (χ2v) is 9.07. The smallest absolute Gasteiger partial charge is 0.295 e. The molecule has 0 bridgehead atoms. The molecular weight excluding hydrogens is 358 g/mol. The summed E-state index contributed by atoms with van der Waals surface area (Å²) in [5.74, 6) is 0. The van der Waals surface area contributed by atoms with E-state index in [2.05, 4.69) is 6.92 Å². The van der Waals surface area contributed by atoms with Crippen LogP contribution in [0.2, 0.25) is 0 Å². The van der Waals surface area contributed by atoms with Crippen LogP contribution < -0.4 is 6.15 Å². The molecule has 0 saturated carbocycles. The van der Waals surface area contributed by atoms with Crippen molar-refractivity contribution in [3.05, 3.63) is 27.8 Å². The zero-order chi connectivity index (χ0) is 19.7. The maximum Gasteiger partial charge on any atom is 0.295 e. The van der Waals surface area contributed by atoms with Crippen LogP contribution in [-0.4, -0.2) is 13.0 Å². The topological polar surface area (TPSA) is 89.4 Å². The summed E-state index contributed by atoms with van der Waals surface area (Å²) in [6, 6.07) is 0. The molecule has 0 aromatic heterocycles. The average Bonchev–Trinajstić information content (AvgIpc) is 2.57. The minimum atomic E-state index is -4.19. The molecule has 4 N–H and O–H groups in total. The van der Waals surface area contributed by atoms with E-state index in [4.69, 9.17) is 0 Å². The first-order valence-corrected chi connectivity index (χ1v) is 11.7. The average molecular weight is 400 g/mol. The van der Waals surface area contributed by atoms with E-state index in [1.165, 1.54) is 51.4 Å². The molecule has 4 nitrogen and oxygen atoms in total. The van der Waals surface area contributed by atoms with E-state index in [9.17, 15) is 13.0 Å². The molecule has 0 spiro atoms. The normalized spacial score (nSPS) is 11.5. The summed E-state index contributed by atoms with van der Waals surface area (Å²) in [4.78, 5) is 0.147. The molecular formula is C22H41NO3S. The summed E-state index contributed by atoms with van der Waals surface area (Å²) in [6.45, 7) is 9.98. The monoisotopic (exact) mass is 399 g/mol. The van der Waals surface area contributed by atoms with Crippen LogP contribution in [0.5, 0.6) is 0 Å². The molecule has 27 heavy (non-hydrogen) atoms. The lowest BCUT2D eigenvalue weighted by atomic mass is 9.91. The van der Waals surface area contributed by atoms with E-state index in [1.807, 2.05) is 20.8 Å². The first kappa shape index (κ1) is 26.1. The minimum absolute atomic E-state index is 0. The predicted octanol–water partition coefficient (Wildman–Crippen LogP) is 6.79. The van der Waals surface area contributed by atoms with Crippen molar-refractivity contribution in [3.8, 4) is 0 Å². The van der Waals surface area contributed by atoms with Gasteiger partial charge in [0.2, 0.25) is 0 Å². The zero-order valence-corrected chi connectivity index (χ0v) is 19.0. The Kier molecular flexibility index (Phi) is 12.1. The summed E-state index contributed by atoms with van der Waals surface area (Å²) >= 11 is 0. The molecule has 1 aromatic carbocycles. The third kappa shape index (κ3) is 7.92. The fourth-order valence-corrected chi connectivity index (χ4v) is 4.90. The van der Waals surface area contributed by atoms with Crippen molar-refractivity contribution in [2.75, 3.05) is 0 Å². The van der Waals surface area contributed by atoms with Crippen LogP contribution in [0.3, 0.4) is 0 Å². The van der Waals surface area contributed by atoms with Crippen LogP contribution >= 0.6 is 0 Å². The molecule has 0 aliphatic heterocycles. The van der Waals surface area contributed by atoms with Gasteiger partial charge in [-0.25, -0.2) is 0 Å². The highest BCUT2D eigenvalue weighted by Crippen LogP contribution is 2.31. The standard InChI is InChI=1S/C22H38O3S.H3N/c1-6-7-8-9-10-11-12-13-14-15-16-21-19(4)17(2)18(3)20(5)22(21)26(23,24)25;/h6-16H2,1-5H3,(H,23,24,25);1H3. The van der Waals surface area contributed by atoms with Crippen LogP contribution in [0.15, 0.2) is 4.90 Å². The second-order valence-electron chi connectivity index (χ2n) is 7.71. The van der Waals surface area contributed by atoms with Crippen molar-refractivity contribution in [1.29, 1.82) is 0 Å². The second kappa shape index (κ2) is 12.5. The van der Waals surface area contributed by atoms with Crippen molar-refractivity contribution < 1.29 is 13.0 Å². The molecule has 158 valence electrons. The fourth-order valence-electron chi connectivity index (χ4n) is 3.80. The Bertz CT molecular complexity index is 682. The first-order valence-electron chi connectivity index (χ1n) is 10.3. The Morgan fingerprint density at radius 1 is 0.667 bits per heavy atom. The van der Waals surface area contributed by atoms with Crippen LogP contribution in [-0.2, 0) is 16.5 Å². The first-order chi connectivity index (χ1) is 12.2. The highest BCUT2D eigenvalue weighted by atomic mass is 32.2. The Labute approximate surface area is 167 Å². The van der Waals surface area contributed by atoms with Gasteiger partial charge in [-0.15, -0.1) is 0 Å². The van der Waals surface area contributed by atoms with Gasteiger partial charge >= 0.3 is 0 Å². The van der Waals surface area contributed by atoms with E-state index in [-0.39, 0.29) is 11.0 Å². The summed E-state index contributed by atoms with van der Waals surface area (Å²) in [6.07, 6.45) is 13.3. The molecule has 0 atom stereocenters. The van der Waals surface area contributed by atoms with Gasteiger partial charge in [-0.05, 0) is 68.4 Å². The molecule has 1 aromatic rings. The van der Waals surface area contributed by atoms with E-state index >= 15 is 0 Å². The van der Waals surface area contributed by atoms with Crippen LogP contribution in [0.25, 0.3) is 0 Å². The van der Waals surface area contributed by atoms with Gasteiger partial charge in [0.1, 0.15) is 4.90 Å². The van der Waals surface area contributed by atoms with Gasteiger partial charge in [0.05, 0.1) is 0 Å². The molecule has 0 heterocycles. The van der Waals surface area contributed by atoms with E-state index in [0.717, 1.165) is 41.5 Å². The SMILES string of the molecule is CCCCCCCCCCCCc1c(C)c(C)c(C)c(C)c1S(=O)(=O)O.N. The number of rotatable bonds is 12.